The molecule has 1 aromatic heterocycles. The van der Waals surface area contributed by atoms with Crippen LogP contribution in [-0.4, -0.2) is 9.72 Å². The van der Waals surface area contributed by atoms with E-state index < -0.39 is 11.4 Å². The average molecular weight is 423 g/mol. The van der Waals surface area contributed by atoms with Gasteiger partial charge in [-0.2, -0.15) is 0 Å². The summed E-state index contributed by atoms with van der Waals surface area (Å²) in [6.45, 7) is 2.61. The first kappa shape index (κ1) is 19.8. The number of halogens is 1. The molecule has 0 aliphatic carbocycles. The van der Waals surface area contributed by atoms with Crippen molar-refractivity contribution < 1.29 is 9.26 Å². The van der Waals surface area contributed by atoms with E-state index in [4.69, 9.17) is 20.9 Å². The predicted molar refractivity (Wildman–Crippen MR) is 115 cm³/mol. The van der Waals surface area contributed by atoms with Gasteiger partial charge in [-0.05, 0) is 53.4 Å². The van der Waals surface area contributed by atoms with Crippen LogP contribution in [0.4, 0.5) is 0 Å². The lowest BCUT2D eigenvalue weighted by Crippen LogP contribution is -2.17. The number of nitrogens with one attached hydrogen (secondary N) is 1. The molecule has 0 bridgehead atoms. The summed E-state index contributed by atoms with van der Waals surface area (Å²) in [4.78, 5) is 24.6. The molecule has 0 aliphatic heterocycles. The molecule has 4 rings (SSSR count). The van der Waals surface area contributed by atoms with Crippen molar-refractivity contribution in [1.29, 1.82) is 0 Å². The summed E-state index contributed by atoms with van der Waals surface area (Å²) < 4.78 is 11.6. The molecule has 0 saturated carbocycles. The quantitative estimate of drug-likeness (QED) is 0.500. The molecule has 0 saturated heterocycles. The number of ether oxygens (including phenoxy) is 1. The minimum atomic E-state index is -0.769. The molecule has 0 atom stereocenters. The van der Waals surface area contributed by atoms with E-state index in [1.807, 2.05) is 67.6 Å². The van der Waals surface area contributed by atoms with E-state index in [1.165, 1.54) is 0 Å². The molecule has 1 N–H and O–H groups in total. The van der Waals surface area contributed by atoms with Gasteiger partial charge >= 0.3 is 11.4 Å². The highest BCUT2D eigenvalue weighted by Crippen LogP contribution is 2.31. The smallest absolute Gasteiger partial charge is 0.440 e. The van der Waals surface area contributed by atoms with Gasteiger partial charge in [0.05, 0.1) is 6.54 Å². The van der Waals surface area contributed by atoms with Crippen molar-refractivity contribution >= 4 is 11.6 Å². The van der Waals surface area contributed by atoms with Crippen molar-refractivity contribution in [2.24, 2.45) is 0 Å². The summed E-state index contributed by atoms with van der Waals surface area (Å²) in [5.74, 6) is -0.0740. The fourth-order valence-corrected chi connectivity index (χ4v) is 3.59. The number of nitrogens with zero attached hydrogens (tertiary/aromatic N) is 1. The third-order valence-corrected chi connectivity index (χ3v) is 5.04. The van der Waals surface area contributed by atoms with Crippen molar-refractivity contribution in [1.82, 2.24) is 9.72 Å². The van der Waals surface area contributed by atoms with Gasteiger partial charge in [-0.1, -0.05) is 54.1 Å². The standard InChI is InChI=1S/C23H19ClN2O4/c1-15-4-2-7-20(24)21(15)18-6-3-5-17(12-18)14-29-19-10-8-16(9-11-19)13-26-22(27)25-23(28)30-26/h2-12H,13-14H2,1H3,(H,25,27,28). The molecule has 0 spiro atoms. The van der Waals surface area contributed by atoms with Gasteiger partial charge in [0.1, 0.15) is 12.4 Å². The topological polar surface area (TPSA) is 77.2 Å². The SMILES string of the molecule is Cc1cccc(Cl)c1-c1cccc(COc2ccc(Cn3oc(=O)[nH]c3=O)cc2)c1. The van der Waals surface area contributed by atoms with E-state index in [1.54, 1.807) is 0 Å². The van der Waals surface area contributed by atoms with E-state index >= 15 is 0 Å². The molecule has 0 unspecified atom stereocenters. The Hall–Kier alpha value is -3.51. The molecule has 0 radical (unpaired) electrons. The van der Waals surface area contributed by atoms with Crippen LogP contribution in [0.3, 0.4) is 0 Å². The van der Waals surface area contributed by atoms with E-state index in [2.05, 4.69) is 11.1 Å². The summed E-state index contributed by atoms with van der Waals surface area (Å²) in [6, 6.07) is 21.2. The lowest BCUT2D eigenvalue weighted by molar-refractivity contribution is 0.258. The predicted octanol–water partition coefficient (Wildman–Crippen LogP) is 4.39. The fourth-order valence-electron chi connectivity index (χ4n) is 3.26. The maximum atomic E-state index is 11.5. The number of H-pyrrole nitrogens is 1. The maximum Gasteiger partial charge on any atom is 0.440 e. The number of aryl methyl sites for hydroxylation is 1. The summed E-state index contributed by atoms with van der Waals surface area (Å²) in [5.41, 5.74) is 4.45. The Morgan fingerprint density at radius 3 is 2.47 bits per heavy atom. The van der Waals surface area contributed by atoms with Crippen LogP contribution in [0, 0.1) is 6.92 Å². The zero-order chi connectivity index (χ0) is 21.1. The minimum absolute atomic E-state index is 0.164. The Balaban J connectivity index is 1.44. The Morgan fingerprint density at radius 2 is 1.77 bits per heavy atom. The monoisotopic (exact) mass is 422 g/mol. The fraction of sp³-hybridized carbons (Fsp3) is 0.130. The zero-order valence-electron chi connectivity index (χ0n) is 16.2. The lowest BCUT2D eigenvalue weighted by Gasteiger charge is -2.11. The first-order valence-corrected chi connectivity index (χ1v) is 9.74. The molecule has 3 aromatic carbocycles. The Kier molecular flexibility index (Phi) is 5.59. The number of aromatic nitrogens is 2. The highest BCUT2D eigenvalue weighted by molar-refractivity contribution is 6.33. The number of benzene rings is 3. The third-order valence-electron chi connectivity index (χ3n) is 4.72. The second kappa shape index (κ2) is 8.47. The Morgan fingerprint density at radius 1 is 1.00 bits per heavy atom. The van der Waals surface area contributed by atoms with Crippen LogP contribution in [-0.2, 0) is 13.2 Å². The second-order valence-corrected chi connectivity index (χ2v) is 7.32. The number of hydrogen-bond acceptors (Lipinski definition) is 4. The normalized spacial score (nSPS) is 10.9. The Labute approximate surface area is 177 Å². The molecule has 152 valence electrons. The van der Waals surface area contributed by atoms with Gasteiger partial charge in [-0.15, -0.1) is 4.74 Å². The first-order valence-electron chi connectivity index (χ1n) is 9.36. The van der Waals surface area contributed by atoms with Crippen LogP contribution in [0.1, 0.15) is 16.7 Å². The van der Waals surface area contributed by atoms with Crippen molar-refractivity contribution in [3.8, 4) is 16.9 Å². The molecular formula is C23H19ClN2O4. The van der Waals surface area contributed by atoms with Crippen LogP contribution >= 0.6 is 11.6 Å². The highest BCUT2D eigenvalue weighted by atomic mass is 35.5. The molecule has 0 aliphatic rings. The molecular weight excluding hydrogens is 404 g/mol. The van der Waals surface area contributed by atoms with Crippen molar-refractivity contribution in [3.05, 3.63) is 109 Å². The van der Waals surface area contributed by atoms with Crippen molar-refractivity contribution in [3.63, 3.8) is 0 Å². The zero-order valence-corrected chi connectivity index (χ0v) is 17.0. The van der Waals surface area contributed by atoms with Crippen molar-refractivity contribution in [2.45, 2.75) is 20.1 Å². The molecule has 0 fully saturated rings. The minimum Gasteiger partial charge on any atom is -0.489 e. The van der Waals surface area contributed by atoms with E-state index in [0.717, 1.165) is 37.6 Å². The number of rotatable bonds is 6. The number of aromatic amines is 1. The summed E-state index contributed by atoms with van der Waals surface area (Å²) >= 11 is 6.39. The summed E-state index contributed by atoms with van der Waals surface area (Å²) in [5, 5.41) is 0.723. The van der Waals surface area contributed by atoms with Crippen LogP contribution in [0.15, 0.2) is 80.8 Å². The molecule has 6 nitrogen and oxygen atoms in total. The third kappa shape index (κ3) is 4.39. The molecule has 4 aromatic rings. The van der Waals surface area contributed by atoms with Gasteiger partial charge in [0.2, 0.25) is 0 Å². The van der Waals surface area contributed by atoms with Crippen LogP contribution in [0.2, 0.25) is 5.02 Å². The molecule has 30 heavy (non-hydrogen) atoms. The van der Waals surface area contributed by atoms with Gasteiger partial charge in [0.25, 0.3) is 0 Å². The van der Waals surface area contributed by atoms with Gasteiger partial charge in [-0.3, -0.25) is 0 Å². The van der Waals surface area contributed by atoms with Crippen LogP contribution in [0.25, 0.3) is 11.1 Å². The van der Waals surface area contributed by atoms with Crippen LogP contribution in [0.5, 0.6) is 5.75 Å². The van der Waals surface area contributed by atoms with Gasteiger partial charge in [0.15, 0.2) is 0 Å². The van der Waals surface area contributed by atoms with Gasteiger partial charge in [-0.25, -0.2) is 14.6 Å². The van der Waals surface area contributed by atoms with E-state index in [0.29, 0.717) is 12.4 Å². The summed E-state index contributed by atoms with van der Waals surface area (Å²) in [6.07, 6.45) is 0. The van der Waals surface area contributed by atoms with Gasteiger partial charge in [0, 0.05) is 10.6 Å². The average Bonchev–Trinajstić information content (AvgIpc) is 3.04. The molecule has 7 heteroatoms. The van der Waals surface area contributed by atoms with Crippen molar-refractivity contribution in [2.75, 3.05) is 0 Å². The Bertz CT molecular complexity index is 1270. The van der Waals surface area contributed by atoms with Gasteiger partial charge < -0.3 is 9.26 Å². The highest BCUT2D eigenvalue weighted by Gasteiger charge is 2.08. The van der Waals surface area contributed by atoms with E-state index in [-0.39, 0.29) is 6.54 Å². The largest absolute Gasteiger partial charge is 0.489 e. The first-order chi connectivity index (χ1) is 14.5. The van der Waals surface area contributed by atoms with Crippen LogP contribution < -0.4 is 16.2 Å². The molecule has 0 amide bonds. The summed E-state index contributed by atoms with van der Waals surface area (Å²) in [7, 11) is 0. The second-order valence-electron chi connectivity index (χ2n) is 6.91. The number of hydrogen-bond donors (Lipinski definition) is 1. The maximum absolute atomic E-state index is 11.5. The molecule has 1 heterocycles. The van der Waals surface area contributed by atoms with E-state index in [9.17, 15) is 9.59 Å². The lowest BCUT2D eigenvalue weighted by atomic mass is 9.99.